The van der Waals surface area contributed by atoms with E-state index >= 15 is 0 Å². The van der Waals surface area contributed by atoms with Crippen molar-refractivity contribution < 1.29 is 9.53 Å². The number of ether oxygens (including phenoxy) is 1. The number of benzene rings is 2. The average molecular weight is 349 g/mol. The van der Waals surface area contributed by atoms with Gasteiger partial charge < -0.3 is 14.6 Å². The molecule has 1 atom stereocenters. The maximum absolute atomic E-state index is 12.3. The number of carbonyl (C=O) groups is 1. The molecule has 0 bridgehead atoms. The van der Waals surface area contributed by atoms with Gasteiger partial charge in [-0.3, -0.25) is 4.79 Å². The fraction of sp³-hybridized carbons (Fsp3) is 0.333. The maximum Gasteiger partial charge on any atom is 0.249 e. The van der Waals surface area contributed by atoms with Crippen LogP contribution in [0.15, 0.2) is 54.6 Å². The molecule has 1 amide bonds. The van der Waals surface area contributed by atoms with E-state index in [0.717, 1.165) is 42.7 Å². The quantitative estimate of drug-likeness (QED) is 0.744. The van der Waals surface area contributed by atoms with Gasteiger partial charge in [0.25, 0.3) is 0 Å². The first-order valence-electron chi connectivity index (χ1n) is 9.18. The fourth-order valence-electron chi connectivity index (χ4n) is 3.46. The summed E-state index contributed by atoms with van der Waals surface area (Å²) < 4.78 is 7.66. The van der Waals surface area contributed by atoms with Gasteiger partial charge in [0.15, 0.2) is 0 Å². The van der Waals surface area contributed by atoms with Crippen LogP contribution in [0.25, 0.3) is 11.0 Å². The van der Waals surface area contributed by atoms with Crippen LogP contribution < -0.4 is 5.32 Å². The van der Waals surface area contributed by atoms with Crippen LogP contribution >= 0.6 is 0 Å². The molecule has 2 heterocycles. The number of imidazole rings is 1. The summed E-state index contributed by atoms with van der Waals surface area (Å²) in [7, 11) is 0. The molecular weight excluding hydrogens is 326 g/mol. The summed E-state index contributed by atoms with van der Waals surface area (Å²) in [5.41, 5.74) is 3.35. The molecule has 0 aliphatic carbocycles. The summed E-state index contributed by atoms with van der Waals surface area (Å²) in [6.07, 6.45) is 2.37. The third-order valence-electron chi connectivity index (χ3n) is 4.84. The highest BCUT2D eigenvalue weighted by Crippen LogP contribution is 2.18. The number of fused-ring (bicyclic) bond motifs is 1. The molecule has 1 saturated heterocycles. The second-order valence-corrected chi connectivity index (χ2v) is 6.62. The first-order chi connectivity index (χ1) is 12.8. The number of nitrogens with zero attached hydrogens (tertiary/aromatic N) is 2. The fourth-order valence-corrected chi connectivity index (χ4v) is 3.46. The lowest BCUT2D eigenvalue weighted by molar-refractivity contribution is -0.130. The number of rotatable bonds is 6. The molecular formula is C21H23N3O2. The number of carbonyl (C=O) groups excluding carboxylic acids is 1. The minimum atomic E-state index is -0.308. The van der Waals surface area contributed by atoms with Crippen LogP contribution in [-0.4, -0.2) is 28.2 Å². The Labute approximate surface area is 153 Å². The van der Waals surface area contributed by atoms with Gasteiger partial charge in [-0.25, -0.2) is 4.98 Å². The number of nitrogens with one attached hydrogen (secondary N) is 1. The summed E-state index contributed by atoms with van der Waals surface area (Å²) in [5.74, 6) is 0.845. The molecule has 134 valence electrons. The second kappa shape index (κ2) is 7.70. The molecule has 0 saturated carbocycles. The lowest BCUT2D eigenvalue weighted by atomic mass is 10.1. The first-order valence-corrected chi connectivity index (χ1v) is 9.18. The van der Waals surface area contributed by atoms with Gasteiger partial charge in [0.05, 0.1) is 17.6 Å². The van der Waals surface area contributed by atoms with Gasteiger partial charge in [0, 0.05) is 13.2 Å². The van der Waals surface area contributed by atoms with Crippen LogP contribution in [0.3, 0.4) is 0 Å². The minimum Gasteiger partial charge on any atom is -0.368 e. The molecule has 2 aromatic carbocycles. The normalized spacial score (nSPS) is 16.8. The number of aromatic nitrogens is 2. The van der Waals surface area contributed by atoms with Gasteiger partial charge in [-0.05, 0) is 37.0 Å². The summed E-state index contributed by atoms with van der Waals surface area (Å²) in [5, 5.41) is 2.99. The highest BCUT2D eigenvalue weighted by molar-refractivity contribution is 5.81. The molecule has 3 aromatic rings. The van der Waals surface area contributed by atoms with E-state index in [9.17, 15) is 4.79 Å². The van der Waals surface area contributed by atoms with Gasteiger partial charge in [-0.2, -0.15) is 0 Å². The smallest absolute Gasteiger partial charge is 0.249 e. The van der Waals surface area contributed by atoms with Crippen molar-refractivity contribution in [2.24, 2.45) is 0 Å². The maximum atomic E-state index is 12.3. The molecule has 1 unspecified atom stereocenters. The third kappa shape index (κ3) is 3.63. The molecule has 4 rings (SSSR count). The van der Waals surface area contributed by atoms with Crippen molar-refractivity contribution in [1.29, 1.82) is 0 Å². The second-order valence-electron chi connectivity index (χ2n) is 6.62. The van der Waals surface area contributed by atoms with Crippen LogP contribution in [0.4, 0.5) is 0 Å². The van der Waals surface area contributed by atoms with Crippen molar-refractivity contribution >= 4 is 16.9 Å². The molecule has 1 aliphatic rings. The Kier molecular flexibility index (Phi) is 4.97. The number of para-hydroxylation sites is 2. The van der Waals surface area contributed by atoms with E-state index in [1.165, 1.54) is 5.56 Å². The Morgan fingerprint density at radius 2 is 1.96 bits per heavy atom. The molecule has 0 spiro atoms. The Morgan fingerprint density at radius 1 is 1.15 bits per heavy atom. The molecule has 5 nitrogen and oxygen atoms in total. The predicted octanol–water partition coefficient (Wildman–Crippen LogP) is 3.07. The zero-order chi connectivity index (χ0) is 17.8. The zero-order valence-corrected chi connectivity index (χ0v) is 14.7. The van der Waals surface area contributed by atoms with Crippen LogP contribution in [0.5, 0.6) is 0 Å². The van der Waals surface area contributed by atoms with Gasteiger partial charge in [-0.1, -0.05) is 42.5 Å². The van der Waals surface area contributed by atoms with E-state index in [4.69, 9.17) is 9.72 Å². The molecule has 0 radical (unpaired) electrons. The van der Waals surface area contributed by atoms with Crippen molar-refractivity contribution in [1.82, 2.24) is 14.9 Å². The van der Waals surface area contributed by atoms with Crippen molar-refractivity contribution in [3.8, 4) is 0 Å². The Bertz CT molecular complexity index is 883. The van der Waals surface area contributed by atoms with Crippen LogP contribution in [-0.2, 0) is 29.0 Å². The molecule has 1 fully saturated rings. The molecule has 1 aliphatic heterocycles. The largest absolute Gasteiger partial charge is 0.368 e. The zero-order valence-electron chi connectivity index (χ0n) is 14.7. The van der Waals surface area contributed by atoms with E-state index in [1.54, 1.807) is 0 Å². The summed E-state index contributed by atoms with van der Waals surface area (Å²) in [6.45, 7) is 1.92. The SMILES string of the molecule is O=C(NCc1nc2ccccc2n1CCc1ccccc1)C1CCCO1. The van der Waals surface area contributed by atoms with Crippen molar-refractivity contribution in [3.05, 3.63) is 66.0 Å². The van der Waals surface area contributed by atoms with E-state index in [0.29, 0.717) is 13.2 Å². The van der Waals surface area contributed by atoms with Crippen molar-refractivity contribution in [3.63, 3.8) is 0 Å². The monoisotopic (exact) mass is 349 g/mol. The lowest BCUT2D eigenvalue weighted by Gasteiger charge is -2.12. The van der Waals surface area contributed by atoms with Gasteiger partial charge in [0.2, 0.25) is 5.91 Å². The lowest BCUT2D eigenvalue weighted by Crippen LogP contribution is -2.34. The minimum absolute atomic E-state index is 0.0378. The third-order valence-corrected chi connectivity index (χ3v) is 4.84. The topological polar surface area (TPSA) is 56.2 Å². The standard InChI is InChI=1S/C21H23N3O2/c25-21(19-11-6-14-26-19)22-15-20-23-17-9-4-5-10-18(17)24(20)13-12-16-7-2-1-3-8-16/h1-5,7-10,19H,6,11-15H2,(H,22,25). The van der Waals surface area contributed by atoms with E-state index in [-0.39, 0.29) is 12.0 Å². The van der Waals surface area contributed by atoms with Gasteiger partial charge in [-0.15, -0.1) is 0 Å². The summed E-state index contributed by atoms with van der Waals surface area (Å²) >= 11 is 0. The highest BCUT2D eigenvalue weighted by Gasteiger charge is 2.23. The molecule has 26 heavy (non-hydrogen) atoms. The number of aryl methyl sites for hydroxylation is 2. The van der Waals surface area contributed by atoms with E-state index in [1.807, 2.05) is 24.3 Å². The summed E-state index contributed by atoms with van der Waals surface area (Å²) in [4.78, 5) is 17.0. The predicted molar refractivity (Wildman–Crippen MR) is 101 cm³/mol. The highest BCUT2D eigenvalue weighted by atomic mass is 16.5. The van der Waals surface area contributed by atoms with E-state index < -0.39 is 0 Å². The summed E-state index contributed by atoms with van der Waals surface area (Å²) in [6, 6.07) is 18.5. The number of hydrogen-bond acceptors (Lipinski definition) is 3. The van der Waals surface area contributed by atoms with Gasteiger partial charge >= 0.3 is 0 Å². The van der Waals surface area contributed by atoms with Gasteiger partial charge in [0.1, 0.15) is 11.9 Å². The number of hydrogen-bond donors (Lipinski definition) is 1. The Morgan fingerprint density at radius 3 is 2.77 bits per heavy atom. The van der Waals surface area contributed by atoms with Crippen LogP contribution in [0, 0.1) is 0 Å². The Balaban J connectivity index is 1.52. The molecule has 5 heteroatoms. The average Bonchev–Trinajstić information content (AvgIpc) is 3.33. The van der Waals surface area contributed by atoms with Crippen molar-refractivity contribution in [2.75, 3.05) is 6.61 Å². The van der Waals surface area contributed by atoms with Crippen LogP contribution in [0.2, 0.25) is 0 Å². The van der Waals surface area contributed by atoms with Crippen LogP contribution in [0.1, 0.15) is 24.2 Å². The first kappa shape index (κ1) is 16.8. The molecule has 1 N–H and O–H groups in total. The number of amides is 1. The van der Waals surface area contributed by atoms with Crippen molar-refractivity contribution in [2.45, 2.75) is 38.5 Å². The Hall–Kier alpha value is -2.66. The molecule has 1 aromatic heterocycles. The van der Waals surface area contributed by atoms with E-state index in [2.05, 4.69) is 40.2 Å².